The second-order valence-electron chi connectivity index (χ2n) is 6.84. The lowest BCUT2D eigenvalue weighted by atomic mass is 10.1. The van der Waals surface area contributed by atoms with E-state index < -0.39 is 17.1 Å². The van der Waals surface area contributed by atoms with E-state index in [4.69, 9.17) is 4.74 Å². The highest BCUT2D eigenvalue weighted by Gasteiger charge is 2.18. The maximum Gasteiger partial charge on any atom is 0.326 e. The molecular weight excluding hydrogens is 337 g/mol. The fraction of sp³-hybridized carbons (Fsp3) is 0.263. The van der Waals surface area contributed by atoms with Gasteiger partial charge >= 0.3 is 5.97 Å². The predicted octanol–water partition coefficient (Wildman–Crippen LogP) is 2.94. The highest BCUT2D eigenvalue weighted by atomic mass is 19.1. The molecule has 0 aliphatic carbocycles. The quantitative estimate of drug-likeness (QED) is 0.676. The van der Waals surface area contributed by atoms with E-state index in [0.29, 0.717) is 16.8 Å². The minimum absolute atomic E-state index is 0.137. The van der Waals surface area contributed by atoms with Crippen LogP contribution in [0.25, 0.3) is 22.3 Å². The van der Waals surface area contributed by atoms with Crippen molar-refractivity contribution < 1.29 is 13.9 Å². The second-order valence-corrected chi connectivity index (χ2v) is 6.84. The molecular formula is C19H18FN3O3. The third kappa shape index (κ3) is 3.93. The fourth-order valence-corrected chi connectivity index (χ4v) is 2.44. The molecule has 3 rings (SSSR count). The van der Waals surface area contributed by atoms with Crippen LogP contribution in [0.15, 0.2) is 47.5 Å². The Bertz CT molecular complexity index is 1020. The Morgan fingerprint density at radius 2 is 1.85 bits per heavy atom. The van der Waals surface area contributed by atoms with Crippen molar-refractivity contribution in [3.63, 3.8) is 0 Å². The molecule has 6 nitrogen and oxygen atoms in total. The zero-order valence-corrected chi connectivity index (χ0v) is 14.7. The predicted molar refractivity (Wildman–Crippen MR) is 95.0 cm³/mol. The number of esters is 1. The number of hydrogen-bond donors (Lipinski definition) is 0. The molecule has 0 radical (unpaired) electrons. The molecule has 0 amide bonds. The zero-order valence-electron chi connectivity index (χ0n) is 14.7. The SMILES string of the molecule is CC(C)(C)OC(=O)Cn1cnc2ccc(-c3ccc(F)cc3)nc2c1=O. The van der Waals surface area contributed by atoms with Crippen molar-refractivity contribution in [2.24, 2.45) is 0 Å². The zero-order chi connectivity index (χ0) is 18.9. The summed E-state index contributed by atoms with van der Waals surface area (Å²) in [6, 6.07) is 9.19. The van der Waals surface area contributed by atoms with Gasteiger partial charge in [0.25, 0.3) is 5.56 Å². The van der Waals surface area contributed by atoms with E-state index in [0.717, 1.165) is 4.57 Å². The van der Waals surface area contributed by atoms with E-state index in [1.807, 2.05) is 0 Å². The van der Waals surface area contributed by atoms with Gasteiger partial charge in [-0.25, -0.2) is 14.4 Å². The molecule has 3 aromatic rings. The van der Waals surface area contributed by atoms with E-state index in [2.05, 4.69) is 9.97 Å². The number of hydrogen-bond acceptors (Lipinski definition) is 5. The number of carbonyl (C=O) groups excluding carboxylic acids is 1. The largest absolute Gasteiger partial charge is 0.459 e. The second kappa shape index (κ2) is 6.67. The summed E-state index contributed by atoms with van der Waals surface area (Å²) >= 11 is 0. The average Bonchev–Trinajstić information content (AvgIpc) is 2.56. The standard InChI is InChI=1S/C19H18FN3O3/c1-19(2,3)26-16(24)10-23-11-21-15-9-8-14(22-17(15)18(23)25)12-4-6-13(20)7-5-12/h4-9,11H,10H2,1-3H3. The van der Waals surface area contributed by atoms with Crippen LogP contribution in [0.1, 0.15) is 20.8 Å². The number of ether oxygens (including phenoxy) is 1. The molecule has 2 aromatic heterocycles. The number of rotatable bonds is 3. The van der Waals surface area contributed by atoms with Crippen LogP contribution in [0.4, 0.5) is 4.39 Å². The Labute approximate surface area is 149 Å². The van der Waals surface area contributed by atoms with Gasteiger partial charge in [0, 0.05) is 5.56 Å². The summed E-state index contributed by atoms with van der Waals surface area (Å²) < 4.78 is 19.5. The lowest BCUT2D eigenvalue weighted by Gasteiger charge is -2.19. The van der Waals surface area contributed by atoms with Crippen molar-refractivity contribution in [3.8, 4) is 11.3 Å². The summed E-state index contributed by atoms with van der Waals surface area (Å²) in [5.74, 6) is -0.883. The van der Waals surface area contributed by atoms with Crippen molar-refractivity contribution in [1.29, 1.82) is 0 Å². The fourth-order valence-electron chi connectivity index (χ4n) is 2.44. The van der Waals surface area contributed by atoms with Crippen LogP contribution < -0.4 is 5.56 Å². The van der Waals surface area contributed by atoms with Gasteiger partial charge in [0.15, 0.2) is 5.52 Å². The van der Waals surface area contributed by atoms with E-state index in [9.17, 15) is 14.0 Å². The molecule has 0 saturated heterocycles. The summed E-state index contributed by atoms with van der Waals surface area (Å²) in [5.41, 5.74) is 0.671. The van der Waals surface area contributed by atoms with E-state index in [1.54, 1.807) is 45.0 Å². The van der Waals surface area contributed by atoms with Crippen molar-refractivity contribution in [3.05, 3.63) is 58.9 Å². The van der Waals surface area contributed by atoms with Gasteiger partial charge in [-0.05, 0) is 57.2 Å². The summed E-state index contributed by atoms with van der Waals surface area (Å²) in [7, 11) is 0. The summed E-state index contributed by atoms with van der Waals surface area (Å²) in [6.07, 6.45) is 1.30. The molecule has 0 aliphatic rings. The molecule has 0 atom stereocenters. The number of aromatic nitrogens is 3. The van der Waals surface area contributed by atoms with Crippen molar-refractivity contribution in [2.75, 3.05) is 0 Å². The minimum atomic E-state index is -0.640. The first-order valence-corrected chi connectivity index (χ1v) is 8.07. The van der Waals surface area contributed by atoms with Gasteiger partial charge in [-0.3, -0.25) is 14.2 Å². The van der Waals surface area contributed by atoms with Crippen LogP contribution in [0.2, 0.25) is 0 Å². The van der Waals surface area contributed by atoms with Gasteiger partial charge in [0.2, 0.25) is 0 Å². The van der Waals surface area contributed by atoms with Crippen molar-refractivity contribution >= 4 is 17.0 Å². The molecule has 1 aromatic carbocycles. The summed E-state index contributed by atoms with van der Waals surface area (Å²) in [6.45, 7) is 5.01. The highest BCUT2D eigenvalue weighted by molar-refractivity contribution is 5.77. The highest BCUT2D eigenvalue weighted by Crippen LogP contribution is 2.19. The maximum atomic E-state index is 13.1. The molecule has 0 unspecified atom stereocenters. The van der Waals surface area contributed by atoms with E-state index in [-0.39, 0.29) is 17.9 Å². The van der Waals surface area contributed by atoms with Crippen LogP contribution >= 0.6 is 0 Å². The normalized spacial score (nSPS) is 11.5. The average molecular weight is 355 g/mol. The topological polar surface area (TPSA) is 74.1 Å². The van der Waals surface area contributed by atoms with Gasteiger partial charge < -0.3 is 4.74 Å². The van der Waals surface area contributed by atoms with Crippen LogP contribution in [0, 0.1) is 5.82 Å². The number of carbonyl (C=O) groups is 1. The third-order valence-electron chi connectivity index (χ3n) is 3.53. The number of fused-ring (bicyclic) bond motifs is 1. The number of nitrogens with zero attached hydrogens (tertiary/aromatic N) is 3. The van der Waals surface area contributed by atoms with Gasteiger partial charge in [-0.15, -0.1) is 0 Å². The first kappa shape index (κ1) is 17.7. The Balaban J connectivity index is 1.98. The molecule has 134 valence electrons. The van der Waals surface area contributed by atoms with Gasteiger partial charge in [-0.2, -0.15) is 0 Å². The summed E-state index contributed by atoms with van der Waals surface area (Å²) in [5, 5.41) is 0. The first-order chi connectivity index (χ1) is 12.2. The Kier molecular flexibility index (Phi) is 4.54. The smallest absolute Gasteiger partial charge is 0.326 e. The van der Waals surface area contributed by atoms with Crippen LogP contribution in [0.3, 0.4) is 0 Å². The van der Waals surface area contributed by atoms with Crippen molar-refractivity contribution in [1.82, 2.24) is 14.5 Å². The molecule has 7 heteroatoms. The molecule has 0 spiro atoms. The third-order valence-corrected chi connectivity index (χ3v) is 3.53. The monoisotopic (exact) mass is 355 g/mol. The number of benzene rings is 1. The molecule has 2 heterocycles. The Hall–Kier alpha value is -3.09. The first-order valence-electron chi connectivity index (χ1n) is 8.07. The van der Waals surface area contributed by atoms with E-state index >= 15 is 0 Å². The van der Waals surface area contributed by atoms with Gasteiger partial charge in [-0.1, -0.05) is 0 Å². The maximum absolute atomic E-state index is 13.1. The molecule has 0 bridgehead atoms. The van der Waals surface area contributed by atoms with Crippen molar-refractivity contribution in [2.45, 2.75) is 32.9 Å². The lowest BCUT2D eigenvalue weighted by Crippen LogP contribution is -2.31. The Morgan fingerprint density at radius 1 is 1.15 bits per heavy atom. The Morgan fingerprint density at radius 3 is 2.50 bits per heavy atom. The van der Waals surface area contributed by atoms with Gasteiger partial charge in [0.05, 0.1) is 17.5 Å². The van der Waals surface area contributed by atoms with Crippen LogP contribution in [-0.4, -0.2) is 26.1 Å². The van der Waals surface area contributed by atoms with Crippen LogP contribution in [-0.2, 0) is 16.1 Å². The lowest BCUT2D eigenvalue weighted by molar-refractivity contribution is -0.155. The molecule has 0 saturated carbocycles. The minimum Gasteiger partial charge on any atom is -0.459 e. The number of halogens is 1. The molecule has 0 N–H and O–H groups in total. The molecule has 26 heavy (non-hydrogen) atoms. The van der Waals surface area contributed by atoms with E-state index in [1.165, 1.54) is 18.5 Å². The van der Waals surface area contributed by atoms with Crippen LogP contribution in [0.5, 0.6) is 0 Å². The van der Waals surface area contributed by atoms with Gasteiger partial charge in [0.1, 0.15) is 18.0 Å². The molecule has 0 fully saturated rings. The summed E-state index contributed by atoms with van der Waals surface area (Å²) in [4.78, 5) is 33.2. The number of pyridine rings is 1. The molecule has 0 aliphatic heterocycles.